The third-order valence-electron chi connectivity index (χ3n) is 5.22. The van der Waals surface area contributed by atoms with Gasteiger partial charge in [-0.05, 0) is 42.0 Å². The second-order valence-corrected chi connectivity index (χ2v) is 9.57. The largest absolute Gasteiger partial charge is 0.494 e. The van der Waals surface area contributed by atoms with Gasteiger partial charge < -0.3 is 9.72 Å². The molecule has 2 aromatic carbocycles. The molecule has 0 atom stereocenters. The number of ether oxygens (including phenoxy) is 1. The first-order valence-electron chi connectivity index (χ1n) is 10.2. The van der Waals surface area contributed by atoms with Crippen molar-refractivity contribution < 1.29 is 4.74 Å². The number of methoxy groups -OCH3 is 1. The third-order valence-corrected chi connectivity index (χ3v) is 7.15. The van der Waals surface area contributed by atoms with Gasteiger partial charge >= 0.3 is 0 Å². The summed E-state index contributed by atoms with van der Waals surface area (Å²) in [6.07, 6.45) is 0. The highest BCUT2D eigenvalue weighted by atomic mass is 32.2. The third kappa shape index (κ3) is 4.03. The summed E-state index contributed by atoms with van der Waals surface area (Å²) >= 11 is 2.92. The standard InChI is InChI=1S/C23H20N6O2S2/c1-13-8-10-15(11-9-13)19-14(2)33-22-20(19)21(30)24-18(25-22)12-32-23-26-27-28-29(23)16-6-4-5-7-17(16)31-3/h4-11H,12H2,1-3H3,(H,24,25,30). The van der Waals surface area contributed by atoms with Crippen molar-refractivity contribution in [2.45, 2.75) is 24.8 Å². The van der Waals surface area contributed by atoms with E-state index in [0.717, 1.165) is 26.5 Å². The first-order valence-corrected chi connectivity index (χ1v) is 12.0. The van der Waals surface area contributed by atoms with Crippen molar-refractivity contribution in [1.29, 1.82) is 0 Å². The molecule has 0 bridgehead atoms. The number of hydrogen-bond acceptors (Lipinski definition) is 8. The van der Waals surface area contributed by atoms with Gasteiger partial charge in [0.2, 0.25) is 5.16 Å². The van der Waals surface area contributed by atoms with Gasteiger partial charge in [-0.15, -0.1) is 16.4 Å². The molecule has 0 spiro atoms. The number of para-hydroxylation sites is 2. The molecule has 0 saturated heterocycles. The van der Waals surface area contributed by atoms with Crippen molar-refractivity contribution in [1.82, 2.24) is 30.2 Å². The van der Waals surface area contributed by atoms with Crippen LogP contribution < -0.4 is 10.3 Å². The Hall–Kier alpha value is -3.50. The van der Waals surface area contributed by atoms with Crippen LogP contribution in [-0.2, 0) is 5.75 Å². The van der Waals surface area contributed by atoms with Crippen LogP contribution in [0.25, 0.3) is 27.0 Å². The van der Waals surface area contributed by atoms with Gasteiger partial charge in [0, 0.05) is 10.4 Å². The van der Waals surface area contributed by atoms with Crippen molar-refractivity contribution in [3.05, 3.63) is 75.1 Å². The van der Waals surface area contributed by atoms with E-state index in [1.54, 1.807) is 11.8 Å². The number of aromatic nitrogens is 6. The predicted octanol–water partition coefficient (Wildman–Crippen LogP) is 4.55. The van der Waals surface area contributed by atoms with E-state index < -0.39 is 0 Å². The van der Waals surface area contributed by atoms with Gasteiger partial charge in [0.1, 0.15) is 22.1 Å². The number of aryl methyl sites for hydroxylation is 2. The van der Waals surface area contributed by atoms with Gasteiger partial charge in [-0.2, -0.15) is 4.68 Å². The summed E-state index contributed by atoms with van der Waals surface area (Å²) in [6, 6.07) is 15.7. The highest BCUT2D eigenvalue weighted by molar-refractivity contribution is 7.98. The van der Waals surface area contributed by atoms with Crippen LogP contribution in [0.2, 0.25) is 0 Å². The number of aromatic amines is 1. The van der Waals surface area contributed by atoms with E-state index in [2.05, 4.69) is 32.6 Å². The van der Waals surface area contributed by atoms with Crippen LogP contribution in [0.3, 0.4) is 0 Å². The summed E-state index contributed by atoms with van der Waals surface area (Å²) in [6.45, 7) is 4.07. The van der Waals surface area contributed by atoms with Crippen LogP contribution in [0.15, 0.2) is 58.5 Å². The fraction of sp³-hybridized carbons (Fsp3) is 0.174. The molecule has 0 aliphatic heterocycles. The summed E-state index contributed by atoms with van der Waals surface area (Å²) in [4.78, 5) is 22.5. The maximum absolute atomic E-state index is 13.0. The van der Waals surface area contributed by atoms with Gasteiger partial charge in [-0.3, -0.25) is 4.79 Å². The van der Waals surface area contributed by atoms with E-state index in [1.165, 1.54) is 28.7 Å². The van der Waals surface area contributed by atoms with Crippen LogP contribution in [0.1, 0.15) is 16.3 Å². The second-order valence-electron chi connectivity index (χ2n) is 7.43. The fourth-order valence-electron chi connectivity index (χ4n) is 3.66. The molecular weight excluding hydrogens is 456 g/mol. The van der Waals surface area contributed by atoms with Crippen molar-refractivity contribution in [3.8, 4) is 22.6 Å². The Morgan fingerprint density at radius 2 is 1.91 bits per heavy atom. The minimum Gasteiger partial charge on any atom is -0.494 e. The monoisotopic (exact) mass is 476 g/mol. The summed E-state index contributed by atoms with van der Waals surface area (Å²) in [5.41, 5.74) is 3.75. The Morgan fingerprint density at radius 3 is 2.70 bits per heavy atom. The Kier molecular flexibility index (Phi) is 5.69. The van der Waals surface area contributed by atoms with Gasteiger partial charge in [0.15, 0.2) is 0 Å². The minimum atomic E-state index is -0.139. The molecule has 1 N–H and O–H groups in total. The van der Waals surface area contributed by atoms with E-state index >= 15 is 0 Å². The van der Waals surface area contributed by atoms with Crippen molar-refractivity contribution in [2.75, 3.05) is 7.11 Å². The second kappa shape index (κ2) is 8.80. The molecule has 10 heteroatoms. The lowest BCUT2D eigenvalue weighted by Crippen LogP contribution is -2.11. The molecule has 0 saturated carbocycles. The average molecular weight is 477 g/mol. The fourth-order valence-corrected chi connectivity index (χ4v) is 5.48. The molecule has 0 aliphatic carbocycles. The van der Waals surface area contributed by atoms with Crippen molar-refractivity contribution >= 4 is 33.3 Å². The molecule has 8 nitrogen and oxygen atoms in total. The smallest absolute Gasteiger partial charge is 0.260 e. The molecule has 0 fully saturated rings. The average Bonchev–Trinajstić information content (AvgIpc) is 3.42. The number of nitrogens with one attached hydrogen (secondary N) is 1. The lowest BCUT2D eigenvalue weighted by atomic mass is 10.0. The van der Waals surface area contributed by atoms with Gasteiger partial charge in [-0.25, -0.2) is 4.98 Å². The number of thiophene rings is 1. The maximum atomic E-state index is 13.0. The zero-order valence-electron chi connectivity index (χ0n) is 18.2. The number of fused-ring (bicyclic) bond motifs is 1. The highest BCUT2D eigenvalue weighted by Crippen LogP contribution is 2.36. The summed E-state index contributed by atoms with van der Waals surface area (Å²) in [5, 5.41) is 13.2. The molecule has 3 aromatic heterocycles. The molecule has 5 aromatic rings. The number of benzene rings is 2. The van der Waals surface area contributed by atoms with Gasteiger partial charge in [-0.1, -0.05) is 53.7 Å². The summed E-state index contributed by atoms with van der Waals surface area (Å²) in [7, 11) is 1.60. The first-order chi connectivity index (χ1) is 16.0. The van der Waals surface area contributed by atoms with E-state index in [0.29, 0.717) is 27.9 Å². The Labute approximate surface area is 197 Å². The topological polar surface area (TPSA) is 98.6 Å². The molecule has 166 valence electrons. The Bertz CT molecular complexity index is 1500. The molecular formula is C23H20N6O2S2. The van der Waals surface area contributed by atoms with E-state index in [1.807, 2.05) is 50.2 Å². The van der Waals surface area contributed by atoms with Crippen molar-refractivity contribution in [3.63, 3.8) is 0 Å². The van der Waals surface area contributed by atoms with E-state index in [-0.39, 0.29) is 5.56 Å². The van der Waals surface area contributed by atoms with Crippen LogP contribution >= 0.6 is 23.1 Å². The lowest BCUT2D eigenvalue weighted by molar-refractivity contribution is 0.410. The van der Waals surface area contributed by atoms with Crippen LogP contribution in [0.4, 0.5) is 0 Å². The first kappa shape index (κ1) is 21.4. The SMILES string of the molecule is COc1ccccc1-n1nnnc1SCc1nc2sc(C)c(-c3ccc(C)cc3)c2c(=O)[nH]1. The molecule has 33 heavy (non-hydrogen) atoms. The maximum Gasteiger partial charge on any atom is 0.260 e. The van der Waals surface area contributed by atoms with Gasteiger partial charge in [0.05, 0.1) is 18.2 Å². The number of hydrogen-bond donors (Lipinski definition) is 1. The molecule has 0 unspecified atom stereocenters. The lowest BCUT2D eigenvalue weighted by Gasteiger charge is -2.08. The Balaban J connectivity index is 1.46. The molecule has 3 heterocycles. The number of H-pyrrole nitrogens is 1. The highest BCUT2D eigenvalue weighted by Gasteiger charge is 2.18. The molecule has 0 amide bonds. The number of rotatable bonds is 6. The quantitative estimate of drug-likeness (QED) is 0.359. The molecule has 5 rings (SSSR count). The molecule has 0 aliphatic rings. The van der Waals surface area contributed by atoms with Crippen LogP contribution in [0, 0.1) is 13.8 Å². The number of tetrazole rings is 1. The summed E-state index contributed by atoms with van der Waals surface area (Å²) < 4.78 is 7.04. The summed E-state index contributed by atoms with van der Waals surface area (Å²) in [5.74, 6) is 1.65. The minimum absolute atomic E-state index is 0.139. The normalized spacial score (nSPS) is 11.2. The molecule has 0 radical (unpaired) electrons. The Morgan fingerprint density at radius 1 is 1.12 bits per heavy atom. The van der Waals surface area contributed by atoms with Crippen LogP contribution in [0.5, 0.6) is 5.75 Å². The van der Waals surface area contributed by atoms with Crippen LogP contribution in [-0.4, -0.2) is 37.3 Å². The zero-order chi connectivity index (χ0) is 22.9. The van der Waals surface area contributed by atoms with Crippen molar-refractivity contribution in [2.24, 2.45) is 0 Å². The van der Waals surface area contributed by atoms with E-state index in [9.17, 15) is 4.79 Å². The predicted molar refractivity (Wildman–Crippen MR) is 130 cm³/mol. The number of nitrogens with zero attached hydrogens (tertiary/aromatic N) is 5. The zero-order valence-corrected chi connectivity index (χ0v) is 19.8. The van der Waals surface area contributed by atoms with Gasteiger partial charge in [0.25, 0.3) is 5.56 Å². The number of thioether (sulfide) groups is 1. The van der Waals surface area contributed by atoms with E-state index in [4.69, 9.17) is 9.72 Å².